The average molecular weight is 309 g/mol. The Morgan fingerprint density at radius 3 is 2.83 bits per heavy atom. The summed E-state index contributed by atoms with van der Waals surface area (Å²) in [6.07, 6.45) is 5.11. The van der Waals surface area contributed by atoms with Gasteiger partial charge in [0.15, 0.2) is 5.76 Å². The van der Waals surface area contributed by atoms with Gasteiger partial charge in [-0.15, -0.1) is 0 Å². The lowest BCUT2D eigenvalue weighted by Gasteiger charge is -2.14. The van der Waals surface area contributed by atoms with E-state index in [1.54, 1.807) is 6.20 Å². The van der Waals surface area contributed by atoms with Gasteiger partial charge in [0.2, 0.25) is 0 Å². The van der Waals surface area contributed by atoms with Crippen molar-refractivity contribution in [1.29, 1.82) is 0 Å². The molecule has 2 aromatic heterocycles. The van der Waals surface area contributed by atoms with Crippen LogP contribution in [-0.2, 0) is 25.9 Å². The van der Waals surface area contributed by atoms with Crippen molar-refractivity contribution in [2.75, 3.05) is 7.05 Å². The second kappa shape index (κ2) is 5.66. The number of aryl methyl sites for hydroxylation is 2. The first-order valence-electron chi connectivity index (χ1n) is 7.95. The van der Waals surface area contributed by atoms with Gasteiger partial charge >= 0.3 is 0 Å². The molecule has 0 saturated carbocycles. The number of benzene rings is 1. The molecule has 3 aromatic rings. The first kappa shape index (κ1) is 14.2. The predicted molar refractivity (Wildman–Crippen MR) is 88.3 cm³/mol. The van der Waals surface area contributed by atoms with E-state index in [2.05, 4.69) is 22.3 Å². The lowest BCUT2D eigenvalue weighted by molar-refractivity contribution is 0.266. The Morgan fingerprint density at radius 1 is 1.22 bits per heavy atom. The molecule has 0 fully saturated rings. The monoisotopic (exact) mass is 309 g/mol. The summed E-state index contributed by atoms with van der Waals surface area (Å²) >= 11 is 0. The quantitative estimate of drug-likeness (QED) is 0.805. The lowest BCUT2D eigenvalue weighted by atomic mass is 10.0. The molecule has 1 aliphatic carbocycles. The molecule has 0 aliphatic heterocycles. The predicted octanol–water partition coefficient (Wildman–Crippen LogP) is 2.64. The summed E-state index contributed by atoms with van der Waals surface area (Å²) in [7, 11) is 1.97. The Hall–Kier alpha value is -2.40. The summed E-state index contributed by atoms with van der Waals surface area (Å²) in [6, 6.07) is 8.22. The van der Waals surface area contributed by atoms with Crippen LogP contribution in [0.3, 0.4) is 0 Å². The number of rotatable bonds is 4. The molecule has 4 rings (SSSR count). The smallest absolute Gasteiger partial charge is 0.252 e. The largest absolute Gasteiger partial charge is 0.360 e. The van der Waals surface area contributed by atoms with Gasteiger partial charge in [-0.25, -0.2) is 0 Å². The minimum atomic E-state index is -0.0140. The van der Waals surface area contributed by atoms with Crippen molar-refractivity contribution in [2.24, 2.45) is 0 Å². The van der Waals surface area contributed by atoms with Crippen LogP contribution in [-0.4, -0.2) is 22.1 Å². The third-order valence-electron chi connectivity index (χ3n) is 4.49. The summed E-state index contributed by atoms with van der Waals surface area (Å²) in [5, 5.41) is 4.82. The van der Waals surface area contributed by atoms with Gasteiger partial charge in [0.1, 0.15) is 0 Å². The van der Waals surface area contributed by atoms with Crippen molar-refractivity contribution >= 4 is 10.9 Å². The molecule has 0 unspecified atom stereocenters. The van der Waals surface area contributed by atoms with Gasteiger partial charge in [0, 0.05) is 23.7 Å². The number of hydrogen-bond donors (Lipinski definition) is 1. The molecule has 0 radical (unpaired) electrons. The molecule has 0 saturated heterocycles. The average Bonchev–Trinajstić information content (AvgIpc) is 3.17. The van der Waals surface area contributed by atoms with E-state index in [4.69, 9.17) is 4.52 Å². The van der Waals surface area contributed by atoms with Crippen LogP contribution >= 0.6 is 0 Å². The first-order chi connectivity index (χ1) is 11.2. The number of nitrogens with one attached hydrogen (secondary N) is 1. The summed E-state index contributed by atoms with van der Waals surface area (Å²) in [6.45, 7) is 1.20. The normalized spacial score (nSPS) is 13.8. The van der Waals surface area contributed by atoms with E-state index < -0.39 is 0 Å². The maximum absolute atomic E-state index is 12.4. The minimum absolute atomic E-state index is 0.0140. The molecule has 2 heterocycles. The molecule has 0 atom stereocenters. The van der Waals surface area contributed by atoms with Gasteiger partial charge in [-0.05, 0) is 61.0 Å². The molecular formula is C18H19N3O2. The Kier molecular flexibility index (Phi) is 3.50. The minimum Gasteiger partial charge on any atom is -0.360 e. The van der Waals surface area contributed by atoms with Gasteiger partial charge in [-0.1, -0.05) is 5.16 Å². The molecule has 0 spiro atoms. The number of H-pyrrole nitrogens is 1. The summed E-state index contributed by atoms with van der Waals surface area (Å²) < 4.78 is 5.12. The highest BCUT2D eigenvalue weighted by Gasteiger charge is 2.14. The van der Waals surface area contributed by atoms with Crippen LogP contribution in [0, 0.1) is 0 Å². The Labute approximate surface area is 133 Å². The number of pyridine rings is 1. The molecule has 23 heavy (non-hydrogen) atoms. The van der Waals surface area contributed by atoms with Gasteiger partial charge in [-0.2, -0.15) is 0 Å². The van der Waals surface area contributed by atoms with Crippen molar-refractivity contribution in [2.45, 2.75) is 32.4 Å². The molecule has 1 aliphatic rings. The summed E-state index contributed by atoms with van der Waals surface area (Å²) in [5.74, 6) is 0.794. The number of aromatic amines is 1. The van der Waals surface area contributed by atoms with Crippen LogP contribution in [0.15, 0.2) is 39.8 Å². The number of nitrogens with zero attached hydrogens (tertiary/aromatic N) is 2. The third-order valence-corrected chi connectivity index (χ3v) is 4.49. The summed E-state index contributed by atoms with van der Waals surface area (Å²) in [4.78, 5) is 17.4. The molecule has 5 nitrogen and oxygen atoms in total. The topological polar surface area (TPSA) is 62.1 Å². The maximum Gasteiger partial charge on any atom is 0.252 e. The molecular weight excluding hydrogens is 290 g/mol. The van der Waals surface area contributed by atoms with E-state index in [0.717, 1.165) is 35.1 Å². The molecule has 118 valence electrons. The van der Waals surface area contributed by atoms with Crippen molar-refractivity contribution in [1.82, 2.24) is 15.0 Å². The van der Waals surface area contributed by atoms with E-state index in [1.807, 2.05) is 24.1 Å². The third kappa shape index (κ3) is 2.80. The second-order valence-corrected chi connectivity index (χ2v) is 6.34. The Bertz CT molecular complexity index is 897. The standard InChI is InChI=1S/C18H19N3O2/c1-21(11-16-5-6-19-23-16)10-15-8-14-7-12-3-2-4-13(12)9-17(14)20-18(15)22/h5-9H,2-4,10-11H2,1H3,(H,20,22). The van der Waals surface area contributed by atoms with E-state index >= 15 is 0 Å². The molecule has 1 N–H and O–H groups in total. The van der Waals surface area contributed by atoms with Crippen LogP contribution in [0.5, 0.6) is 0 Å². The molecule has 1 aromatic carbocycles. The van der Waals surface area contributed by atoms with E-state index in [9.17, 15) is 4.79 Å². The highest BCUT2D eigenvalue weighted by atomic mass is 16.5. The number of fused-ring (bicyclic) bond motifs is 2. The zero-order valence-corrected chi connectivity index (χ0v) is 13.1. The van der Waals surface area contributed by atoms with E-state index in [0.29, 0.717) is 13.1 Å². The van der Waals surface area contributed by atoms with Gasteiger partial charge in [0.05, 0.1) is 12.7 Å². The zero-order valence-electron chi connectivity index (χ0n) is 13.1. The van der Waals surface area contributed by atoms with Gasteiger partial charge in [0.25, 0.3) is 5.56 Å². The fourth-order valence-corrected chi connectivity index (χ4v) is 3.38. The first-order valence-corrected chi connectivity index (χ1v) is 7.95. The molecule has 0 bridgehead atoms. The lowest BCUT2D eigenvalue weighted by Crippen LogP contribution is -2.23. The van der Waals surface area contributed by atoms with Crippen molar-refractivity contribution in [3.05, 3.63) is 63.3 Å². The molecule has 0 amide bonds. The number of hydrogen-bond acceptors (Lipinski definition) is 4. The van der Waals surface area contributed by atoms with Crippen LogP contribution in [0.2, 0.25) is 0 Å². The van der Waals surface area contributed by atoms with Crippen molar-refractivity contribution in [3.63, 3.8) is 0 Å². The fourth-order valence-electron chi connectivity index (χ4n) is 3.38. The Balaban J connectivity index is 1.63. The van der Waals surface area contributed by atoms with Gasteiger partial charge in [-0.3, -0.25) is 9.69 Å². The van der Waals surface area contributed by atoms with E-state index in [-0.39, 0.29) is 5.56 Å². The van der Waals surface area contributed by atoms with Crippen LogP contribution in [0.25, 0.3) is 10.9 Å². The highest BCUT2D eigenvalue weighted by Crippen LogP contribution is 2.26. The maximum atomic E-state index is 12.4. The Morgan fingerprint density at radius 2 is 2.04 bits per heavy atom. The summed E-state index contributed by atoms with van der Waals surface area (Å²) in [5.41, 5.74) is 4.50. The molecule has 5 heteroatoms. The van der Waals surface area contributed by atoms with Gasteiger partial charge < -0.3 is 9.51 Å². The van der Waals surface area contributed by atoms with Crippen molar-refractivity contribution < 1.29 is 4.52 Å². The number of aromatic nitrogens is 2. The van der Waals surface area contributed by atoms with E-state index in [1.165, 1.54) is 17.5 Å². The van der Waals surface area contributed by atoms with Crippen LogP contribution in [0.1, 0.15) is 28.9 Å². The highest BCUT2D eigenvalue weighted by molar-refractivity contribution is 5.81. The van der Waals surface area contributed by atoms with Crippen molar-refractivity contribution in [3.8, 4) is 0 Å². The second-order valence-electron chi connectivity index (χ2n) is 6.34. The fraction of sp³-hybridized carbons (Fsp3) is 0.333. The SMILES string of the molecule is CN(Cc1ccno1)Cc1cc2cc3c(cc2[nH]c1=O)CCC3. The van der Waals surface area contributed by atoms with Crippen LogP contribution < -0.4 is 5.56 Å². The van der Waals surface area contributed by atoms with Crippen LogP contribution in [0.4, 0.5) is 0 Å². The zero-order chi connectivity index (χ0) is 15.8.